The summed E-state index contributed by atoms with van der Waals surface area (Å²) < 4.78 is 9.55. The van der Waals surface area contributed by atoms with Crippen LogP contribution < -0.4 is 10.6 Å². The van der Waals surface area contributed by atoms with Crippen molar-refractivity contribution in [2.24, 2.45) is 5.92 Å². The fourth-order valence-corrected chi connectivity index (χ4v) is 3.86. The van der Waals surface area contributed by atoms with E-state index < -0.39 is 17.9 Å². The first kappa shape index (κ1) is 23.7. The van der Waals surface area contributed by atoms with Crippen molar-refractivity contribution in [1.29, 1.82) is 0 Å². The number of anilines is 3. The predicted molar refractivity (Wildman–Crippen MR) is 122 cm³/mol. The molecule has 2 heterocycles. The first-order valence-corrected chi connectivity index (χ1v) is 10.8. The van der Waals surface area contributed by atoms with Gasteiger partial charge in [0.1, 0.15) is 18.0 Å². The molecule has 9 nitrogen and oxygen atoms in total. The predicted octanol–water partition coefficient (Wildman–Crippen LogP) is 3.10. The average molecular weight is 462 g/mol. The van der Waals surface area contributed by atoms with Crippen LogP contribution in [0.4, 0.5) is 17.3 Å². The fourth-order valence-electron chi connectivity index (χ4n) is 3.67. The zero-order valence-corrected chi connectivity index (χ0v) is 19.0. The van der Waals surface area contributed by atoms with Crippen molar-refractivity contribution in [3.8, 4) is 0 Å². The van der Waals surface area contributed by atoms with E-state index in [9.17, 15) is 9.59 Å². The number of carbonyl (C=O) groups excluding carboxylic acids is 2. The van der Waals surface area contributed by atoms with Crippen molar-refractivity contribution in [3.63, 3.8) is 0 Å². The molecule has 1 aliphatic rings. The minimum absolute atomic E-state index is 0.0185. The Morgan fingerprint density at radius 2 is 1.91 bits per heavy atom. The second-order valence-corrected chi connectivity index (χ2v) is 8.08. The van der Waals surface area contributed by atoms with Gasteiger partial charge in [-0.1, -0.05) is 17.7 Å². The molecule has 1 atom stereocenters. The lowest BCUT2D eigenvalue weighted by molar-refractivity contribution is -0.152. The third kappa shape index (κ3) is 7.06. The maximum absolute atomic E-state index is 12.0. The van der Waals surface area contributed by atoms with E-state index in [4.69, 9.17) is 21.1 Å². The number of nitrogens with zero attached hydrogens (tertiary/aromatic N) is 3. The monoisotopic (exact) mass is 461 g/mol. The summed E-state index contributed by atoms with van der Waals surface area (Å²) in [6.07, 6.45) is 3.29. The number of aromatic nitrogens is 2. The Morgan fingerprint density at radius 1 is 1.16 bits per heavy atom. The van der Waals surface area contributed by atoms with Crippen molar-refractivity contribution >= 4 is 40.9 Å². The number of piperidine rings is 1. The number of nitrogens with one attached hydrogen (secondary N) is 2. The molecule has 1 aliphatic heterocycles. The minimum Gasteiger partial charge on any atom is -0.469 e. The first-order chi connectivity index (χ1) is 15.5. The van der Waals surface area contributed by atoms with Gasteiger partial charge in [-0.2, -0.15) is 0 Å². The number of rotatable bonds is 9. The number of hydrogen-bond donors (Lipinski definition) is 2. The molecular formula is C22H28ClN5O4. The molecular weight excluding hydrogens is 434 g/mol. The molecule has 0 bridgehead atoms. The Labute approximate surface area is 192 Å². The summed E-state index contributed by atoms with van der Waals surface area (Å²) >= 11 is 6.03. The summed E-state index contributed by atoms with van der Waals surface area (Å²) in [4.78, 5) is 34.4. The van der Waals surface area contributed by atoms with Crippen molar-refractivity contribution in [2.75, 3.05) is 44.5 Å². The molecule has 0 radical (unpaired) electrons. The Kier molecular flexibility index (Phi) is 8.64. The summed E-state index contributed by atoms with van der Waals surface area (Å²) in [5, 5.41) is 7.33. The number of halogens is 1. The van der Waals surface area contributed by atoms with Crippen molar-refractivity contribution in [1.82, 2.24) is 14.9 Å². The van der Waals surface area contributed by atoms with Crippen LogP contribution in [0.3, 0.4) is 0 Å². The Hall–Kier alpha value is -2.91. The van der Waals surface area contributed by atoms with Gasteiger partial charge in [-0.3, -0.25) is 9.59 Å². The summed E-state index contributed by atoms with van der Waals surface area (Å²) in [7, 11) is 2.65. The second-order valence-electron chi connectivity index (χ2n) is 7.64. The fraction of sp³-hybridized carbons (Fsp3) is 0.455. The highest BCUT2D eigenvalue weighted by Gasteiger charge is 2.28. The van der Waals surface area contributed by atoms with Gasteiger partial charge in [-0.25, -0.2) is 9.97 Å². The molecule has 1 aromatic carbocycles. The van der Waals surface area contributed by atoms with Crippen molar-refractivity contribution < 1.29 is 19.1 Å². The number of hydrogen-bond acceptors (Lipinski definition) is 9. The highest BCUT2D eigenvalue weighted by Crippen LogP contribution is 2.22. The van der Waals surface area contributed by atoms with E-state index >= 15 is 0 Å². The SMILES string of the molecule is COC(=O)CC(CN1CCC(Nc2cc(Nc3cccc(Cl)c3)ncn2)CC1)C(=O)OC. The number of likely N-dealkylation sites (tertiary alicyclic amines) is 1. The van der Waals surface area contributed by atoms with Crippen LogP contribution in [0.5, 0.6) is 0 Å². The van der Waals surface area contributed by atoms with Gasteiger partial charge in [0.05, 0.1) is 26.6 Å². The standard InChI is InChI=1S/C22H28ClN5O4/c1-31-21(29)10-15(22(30)32-2)13-28-8-6-17(7-9-28)26-19-12-20(25-14-24-19)27-18-5-3-4-16(23)11-18/h3-5,11-12,14-15,17H,6-10,13H2,1-2H3,(H2,24,25,26,27). The third-order valence-corrected chi connectivity index (χ3v) is 5.59. The number of methoxy groups -OCH3 is 2. The van der Waals surface area contributed by atoms with Gasteiger partial charge in [0.15, 0.2) is 0 Å². The van der Waals surface area contributed by atoms with E-state index in [1.807, 2.05) is 30.3 Å². The van der Waals surface area contributed by atoms with Crippen LogP contribution >= 0.6 is 11.6 Å². The molecule has 172 valence electrons. The molecule has 1 unspecified atom stereocenters. The lowest BCUT2D eigenvalue weighted by atomic mass is 10.0. The minimum atomic E-state index is -0.529. The summed E-state index contributed by atoms with van der Waals surface area (Å²) in [5.41, 5.74) is 0.850. The Morgan fingerprint density at radius 3 is 2.59 bits per heavy atom. The first-order valence-electron chi connectivity index (χ1n) is 10.4. The largest absolute Gasteiger partial charge is 0.469 e. The highest BCUT2D eigenvalue weighted by atomic mass is 35.5. The van der Waals surface area contributed by atoms with E-state index in [0.29, 0.717) is 17.4 Å². The topological polar surface area (TPSA) is 106 Å². The van der Waals surface area contributed by atoms with Gasteiger partial charge in [-0.15, -0.1) is 0 Å². The number of esters is 2. The zero-order valence-electron chi connectivity index (χ0n) is 18.2. The molecule has 32 heavy (non-hydrogen) atoms. The molecule has 1 fully saturated rings. The average Bonchev–Trinajstić information content (AvgIpc) is 2.79. The van der Waals surface area contributed by atoms with Gasteiger partial charge in [0.25, 0.3) is 0 Å². The Balaban J connectivity index is 1.51. The van der Waals surface area contributed by atoms with E-state index in [-0.39, 0.29) is 12.5 Å². The Bertz CT molecular complexity index is 921. The number of ether oxygens (including phenoxy) is 2. The van der Waals surface area contributed by atoms with E-state index in [2.05, 4.69) is 25.5 Å². The highest BCUT2D eigenvalue weighted by molar-refractivity contribution is 6.30. The molecule has 2 aromatic rings. The lowest BCUT2D eigenvalue weighted by Gasteiger charge is -2.34. The second kappa shape index (κ2) is 11.6. The molecule has 0 saturated carbocycles. The zero-order chi connectivity index (χ0) is 22.9. The van der Waals surface area contributed by atoms with Crippen LogP contribution in [0.1, 0.15) is 19.3 Å². The van der Waals surface area contributed by atoms with Crippen LogP contribution in [-0.2, 0) is 19.1 Å². The summed E-state index contributed by atoms with van der Waals surface area (Å²) in [5.74, 6) is 0.0743. The lowest BCUT2D eigenvalue weighted by Crippen LogP contribution is -2.43. The van der Waals surface area contributed by atoms with Crippen molar-refractivity contribution in [2.45, 2.75) is 25.3 Å². The summed E-state index contributed by atoms with van der Waals surface area (Å²) in [6, 6.07) is 9.53. The number of carbonyl (C=O) groups is 2. The van der Waals surface area contributed by atoms with E-state index in [0.717, 1.165) is 37.4 Å². The molecule has 2 N–H and O–H groups in total. The molecule has 0 spiro atoms. The van der Waals surface area contributed by atoms with E-state index in [1.165, 1.54) is 20.5 Å². The van der Waals surface area contributed by atoms with Crippen LogP contribution in [0, 0.1) is 5.92 Å². The molecule has 1 aromatic heterocycles. The van der Waals surface area contributed by atoms with E-state index in [1.54, 1.807) is 0 Å². The van der Waals surface area contributed by atoms with Gasteiger partial charge in [0.2, 0.25) is 0 Å². The maximum atomic E-state index is 12.0. The molecule has 10 heteroatoms. The van der Waals surface area contributed by atoms with Crippen LogP contribution in [0.25, 0.3) is 0 Å². The normalized spacial score (nSPS) is 15.6. The third-order valence-electron chi connectivity index (χ3n) is 5.36. The molecule has 1 saturated heterocycles. The smallest absolute Gasteiger partial charge is 0.310 e. The van der Waals surface area contributed by atoms with Crippen LogP contribution in [-0.4, -0.2) is 66.7 Å². The summed E-state index contributed by atoms with van der Waals surface area (Å²) in [6.45, 7) is 2.06. The van der Waals surface area contributed by atoms with Gasteiger partial charge >= 0.3 is 11.9 Å². The molecule has 0 amide bonds. The van der Waals surface area contributed by atoms with Crippen LogP contribution in [0.2, 0.25) is 5.02 Å². The number of benzene rings is 1. The van der Waals surface area contributed by atoms with Crippen LogP contribution in [0.15, 0.2) is 36.7 Å². The van der Waals surface area contributed by atoms with Gasteiger partial charge in [-0.05, 0) is 31.0 Å². The molecule has 3 rings (SSSR count). The molecule has 0 aliphatic carbocycles. The van der Waals surface area contributed by atoms with Crippen molar-refractivity contribution in [3.05, 3.63) is 41.7 Å². The van der Waals surface area contributed by atoms with Gasteiger partial charge in [0, 0.05) is 42.5 Å². The quantitative estimate of drug-likeness (QED) is 0.545. The maximum Gasteiger partial charge on any atom is 0.310 e. The van der Waals surface area contributed by atoms with Gasteiger partial charge < -0.3 is 25.0 Å².